The summed E-state index contributed by atoms with van der Waals surface area (Å²) in [5.74, 6) is 0. The van der Waals surface area contributed by atoms with Crippen LogP contribution in [0.25, 0.3) is 10.8 Å². The van der Waals surface area contributed by atoms with Crippen molar-refractivity contribution in [3.05, 3.63) is 48.0 Å². The monoisotopic (exact) mass is 264 g/mol. The van der Waals surface area contributed by atoms with Crippen LogP contribution in [0.2, 0.25) is 0 Å². The van der Waals surface area contributed by atoms with Crippen LogP contribution in [0.3, 0.4) is 0 Å². The first-order chi connectivity index (χ1) is 8.62. The topological polar surface area (TPSA) is 35.5 Å². The van der Waals surface area contributed by atoms with Gasteiger partial charge in [0.1, 0.15) is 0 Å². The molecule has 0 aliphatic rings. The van der Waals surface area contributed by atoms with Gasteiger partial charge in [-0.05, 0) is 23.3 Å². The van der Waals surface area contributed by atoms with E-state index in [0.717, 1.165) is 16.3 Å². The fraction of sp³-hybridized carbons (Fsp3) is 0.286. The van der Waals surface area contributed by atoms with Gasteiger partial charge in [0.25, 0.3) is 0 Å². The molecule has 0 spiro atoms. The Bertz CT molecular complexity index is 581. The summed E-state index contributed by atoms with van der Waals surface area (Å²) in [5.41, 5.74) is 0.693. The van der Waals surface area contributed by atoms with E-state index in [2.05, 4.69) is 0 Å². The Morgan fingerprint density at radius 1 is 1.00 bits per heavy atom. The second-order valence-corrected chi connectivity index (χ2v) is 6.73. The Hall–Kier alpha value is -1.15. The molecule has 0 saturated heterocycles. The third-order valence-electron chi connectivity index (χ3n) is 3.26. The van der Waals surface area contributed by atoms with Gasteiger partial charge in [-0.25, -0.2) is 0 Å². The zero-order chi connectivity index (χ0) is 13.2. The van der Waals surface area contributed by atoms with Crippen LogP contribution in [0.1, 0.15) is 18.1 Å². The molecule has 4 heteroatoms. The van der Waals surface area contributed by atoms with Crippen LogP contribution in [-0.4, -0.2) is 14.2 Å². The fourth-order valence-electron chi connectivity index (χ4n) is 2.18. The molecule has 2 aromatic carbocycles. The molecule has 0 amide bonds. The van der Waals surface area contributed by atoms with Crippen LogP contribution >= 0.6 is 7.60 Å². The van der Waals surface area contributed by atoms with Crippen LogP contribution < -0.4 is 0 Å². The third-order valence-corrected chi connectivity index (χ3v) is 5.50. The summed E-state index contributed by atoms with van der Waals surface area (Å²) in [6.07, 6.45) is 0. The molecule has 1 atom stereocenters. The predicted molar refractivity (Wildman–Crippen MR) is 74.0 cm³/mol. The van der Waals surface area contributed by atoms with E-state index >= 15 is 0 Å². The lowest BCUT2D eigenvalue weighted by Crippen LogP contribution is -2.00. The molecular weight excluding hydrogens is 247 g/mol. The van der Waals surface area contributed by atoms with Crippen molar-refractivity contribution in [3.63, 3.8) is 0 Å². The van der Waals surface area contributed by atoms with Gasteiger partial charge in [0.05, 0.1) is 5.66 Å². The highest BCUT2D eigenvalue weighted by Crippen LogP contribution is 2.60. The average molecular weight is 264 g/mol. The van der Waals surface area contributed by atoms with Crippen molar-refractivity contribution in [2.24, 2.45) is 0 Å². The number of rotatable bonds is 4. The molecule has 0 aliphatic heterocycles. The van der Waals surface area contributed by atoms with E-state index in [9.17, 15) is 4.57 Å². The molecule has 2 aromatic rings. The summed E-state index contributed by atoms with van der Waals surface area (Å²) in [4.78, 5) is 0. The van der Waals surface area contributed by atoms with Crippen molar-refractivity contribution in [1.82, 2.24) is 0 Å². The van der Waals surface area contributed by atoms with E-state index in [-0.39, 0.29) is 5.66 Å². The Balaban J connectivity index is 2.58. The van der Waals surface area contributed by atoms with E-state index in [1.807, 2.05) is 49.4 Å². The number of hydrogen-bond acceptors (Lipinski definition) is 3. The highest BCUT2D eigenvalue weighted by molar-refractivity contribution is 7.54. The Labute approximate surface area is 107 Å². The minimum atomic E-state index is -3.10. The zero-order valence-electron chi connectivity index (χ0n) is 10.8. The van der Waals surface area contributed by atoms with Gasteiger partial charge in [-0.3, -0.25) is 4.57 Å². The van der Waals surface area contributed by atoms with Gasteiger partial charge in [-0.15, -0.1) is 0 Å². The highest BCUT2D eigenvalue weighted by atomic mass is 31.2. The second-order valence-electron chi connectivity index (χ2n) is 4.15. The highest BCUT2D eigenvalue weighted by Gasteiger charge is 2.32. The van der Waals surface area contributed by atoms with Crippen molar-refractivity contribution in [3.8, 4) is 0 Å². The minimum Gasteiger partial charge on any atom is -0.312 e. The van der Waals surface area contributed by atoms with Crippen LogP contribution in [-0.2, 0) is 13.6 Å². The molecule has 0 saturated carbocycles. The molecule has 0 aliphatic carbocycles. The van der Waals surface area contributed by atoms with Gasteiger partial charge in [0.2, 0.25) is 0 Å². The molecule has 0 radical (unpaired) electrons. The van der Waals surface area contributed by atoms with Gasteiger partial charge in [-0.1, -0.05) is 42.5 Å². The molecule has 0 N–H and O–H groups in total. The summed E-state index contributed by atoms with van der Waals surface area (Å²) in [5, 5.41) is 2.21. The lowest BCUT2D eigenvalue weighted by molar-refractivity contribution is 0.268. The molecule has 18 heavy (non-hydrogen) atoms. The van der Waals surface area contributed by atoms with Crippen molar-refractivity contribution in [2.75, 3.05) is 14.2 Å². The van der Waals surface area contributed by atoms with Crippen LogP contribution in [0.4, 0.5) is 0 Å². The standard InChI is InChI=1S/C14H17O3P/c1-11(18(15,16-2)17-3)13-10-6-8-12-7-4-5-9-14(12)13/h4-11H,1-3H3. The molecule has 1 unspecified atom stereocenters. The smallest absolute Gasteiger partial charge is 0.312 e. The van der Waals surface area contributed by atoms with E-state index < -0.39 is 7.60 Å². The SMILES string of the molecule is COP(=O)(OC)C(C)c1cccc2ccccc12. The average Bonchev–Trinajstić information content (AvgIpc) is 2.45. The van der Waals surface area contributed by atoms with Gasteiger partial charge >= 0.3 is 7.60 Å². The summed E-state index contributed by atoms with van der Waals surface area (Å²) in [6.45, 7) is 1.87. The molecule has 96 valence electrons. The Kier molecular flexibility index (Phi) is 3.86. The van der Waals surface area contributed by atoms with Gasteiger partial charge in [-0.2, -0.15) is 0 Å². The van der Waals surface area contributed by atoms with E-state index in [1.165, 1.54) is 14.2 Å². The molecule has 0 heterocycles. The molecule has 0 bridgehead atoms. The molecule has 2 rings (SSSR count). The minimum absolute atomic E-state index is 0.293. The van der Waals surface area contributed by atoms with Crippen LogP contribution in [0.5, 0.6) is 0 Å². The number of benzene rings is 2. The maximum absolute atomic E-state index is 12.5. The van der Waals surface area contributed by atoms with Crippen molar-refractivity contribution >= 4 is 18.4 Å². The zero-order valence-corrected chi connectivity index (χ0v) is 11.7. The maximum Gasteiger partial charge on any atom is 0.337 e. The first-order valence-electron chi connectivity index (χ1n) is 5.81. The molecule has 0 aromatic heterocycles. The normalized spacial score (nSPS) is 13.7. The Morgan fingerprint density at radius 3 is 2.28 bits per heavy atom. The maximum atomic E-state index is 12.5. The first kappa shape index (κ1) is 13.3. The third kappa shape index (κ3) is 2.22. The molecule has 0 fully saturated rings. The first-order valence-corrected chi connectivity index (χ1v) is 7.42. The lowest BCUT2D eigenvalue weighted by atomic mass is 10.0. The second kappa shape index (κ2) is 5.23. The quantitative estimate of drug-likeness (QED) is 0.768. The summed E-state index contributed by atoms with van der Waals surface area (Å²) in [6, 6.07) is 14.0. The van der Waals surface area contributed by atoms with Gasteiger partial charge < -0.3 is 9.05 Å². The van der Waals surface area contributed by atoms with Crippen LogP contribution in [0.15, 0.2) is 42.5 Å². The van der Waals surface area contributed by atoms with Crippen molar-refractivity contribution in [1.29, 1.82) is 0 Å². The largest absolute Gasteiger partial charge is 0.337 e. The number of hydrogen-bond donors (Lipinski definition) is 0. The summed E-state index contributed by atoms with van der Waals surface area (Å²) in [7, 11) is -0.253. The van der Waals surface area contributed by atoms with Gasteiger partial charge in [0.15, 0.2) is 0 Å². The van der Waals surface area contributed by atoms with Crippen molar-refractivity contribution in [2.45, 2.75) is 12.6 Å². The van der Waals surface area contributed by atoms with E-state index in [1.54, 1.807) is 0 Å². The van der Waals surface area contributed by atoms with E-state index in [4.69, 9.17) is 9.05 Å². The van der Waals surface area contributed by atoms with E-state index in [0.29, 0.717) is 0 Å². The van der Waals surface area contributed by atoms with Crippen LogP contribution in [0, 0.1) is 0 Å². The summed E-state index contributed by atoms with van der Waals surface area (Å²) < 4.78 is 22.6. The fourth-order valence-corrected chi connectivity index (χ4v) is 3.52. The number of fused-ring (bicyclic) bond motifs is 1. The lowest BCUT2D eigenvalue weighted by Gasteiger charge is -2.22. The molecule has 3 nitrogen and oxygen atoms in total. The summed E-state index contributed by atoms with van der Waals surface area (Å²) >= 11 is 0. The molecular formula is C14H17O3P. The Morgan fingerprint density at radius 2 is 1.61 bits per heavy atom. The van der Waals surface area contributed by atoms with Crippen molar-refractivity contribution < 1.29 is 13.6 Å². The van der Waals surface area contributed by atoms with Gasteiger partial charge in [0, 0.05) is 14.2 Å². The predicted octanol–water partition coefficient (Wildman–Crippen LogP) is 4.39.